The first kappa shape index (κ1) is 13.8. The van der Waals surface area contributed by atoms with Gasteiger partial charge < -0.3 is 9.64 Å². The van der Waals surface area contributed by atoms with Crippen molar-refractivity contribution in [3.05, 3.63) is 51.5 Å². The standard InChI is InChI=1S/C15H14N2O3S/c1-2-20-15(19)13-16-12(9-21-13)14(18)17-7-10-5-3-4-6-11(10)8-17/h3-6,9H,2,7-8H2,1H3. The Bertz CT molecular complexity index is 671. The molecule has 108 valence electrons. The minimum Gasteiger partial charge on any atom is -0.461 e. The second kappa shape index (κ2) is 5.65. The summed E-state index contributed by atoms with van der Waals surface area (Å²) in [5.41, 5.74) is 2.62. The third-order valence-electron chi connectivity index (χ3n) is 3.30. The monoisotopic (exact) mass is 302 g/mol. The van der Waals surface area contributed by atoms with Gasteiger partial charge in [-0.1, -0.05) is 24.3 Å². The van der Waals surface area contributed by atoms with Crippen LogP contribution in [0.2, 0.25) is 0 Å². The highest BCUT2D eigenvalue weighted by Gasteiger charge is 2.26. The highest BCUT2D eigenvalue weighted by atomic mass is 32.1. The first-order chi connectivity index (χ1) is 10.2. The van der Waals surface area contributed by atoms with E-state index in [9.17, 15) is 9.59 Å². The molecule has 2 heterocycles. The quantitative estimate of drug-likeness (QED) is 0.817. The molecule has 1 aliphatic rings. The van der Waals surface area contributed by atoms with E-state index in [-0.39, 0.29) is 10.9 Å². The lowest BCUT2D eigenvalue weighted by Crippen LogP contribution is -2.25. The van der Waals surface area contributed by atoms with Gasteiger partial charge >= 0.3 is 5.97 Å². The summed E-state index contributed by atoms with van der Waals surface area (Å²) in [4.78, 5) is 29.8. The lowest BCUT2D eigenvalue weighted by atomic mass is 10.1. The van der Waals surface area contributed by atoms with E-state index in [0.717, 1.165) is 22.5 Å². The summed E-state index contributed by atoms with van der Waals surface area (Å²) in [5, 5.41) is 1.83. The molecule has 6 heteroatoms. The van der Waals surface area contributed by atoms with E-state index in [1.165, 1.54) is 0 Å². The van der Waals surface area contributed by atoms with Gasteiger partial charge in [0, 0.05) is 18.5 Å². The average molecular weight is 302 g/mol. The number of hydrogen-bond acceptors (Lipinski definition) is 5. The number of hydrogen-bond donors (Lipinski definition) is 0. The molecule has 0 atom stereocenters. The van der Waals surface area contributed by atoms with Gasteiger partial charge in [-0.25, -0.2) is 9.78 Å². The molecule has 1 aliphatic heterocycles. The highest BCUT2D eigenvalue weighted by Crippen LogP contribution is 2.24. The van der Waals surface area contributed by atoms with Crippen molar-refractivity contribution in [1.82, 2.24) is 9.88 Å². The van der Waals surface area contributed by atoms with Gasteiger partial charge in [0.2, 0.25) is 5.01 Å². The summed E-state index contributed by atoms with van der Waals surface area (Å²) >= 11 is 1.14. The van der Waals surface area contributed by atoms with E-state index in [4.69, 9.17) is 4.74 Å². The molecule has 0 spiro atoms. The largest absolute Gasteiger partial charge is 0.461 e. The summed E-state index contributed by atoms with van der Waals surface area (Å²) in [6.07, 6.45) is 0. The lowest BCUT2D eigenvalue weighted by molar-refractivity contribution is 0.0526. The molecule has 3 rings (SSSR count). The predicted octanol–water partition coefficient (Wildman–Crippen LogP) is 2.48. The Morgan fingerprint density at radius 2 is 1.95 bits per heavy atom. The number of nitrogens with zero attached hydrogens (tertiary/aromatic N) is 2. The Balaban J connectivity index is 1.74. The van der Waals surface area contributed by atoms with Crippen LogP contribution in [-0.2, 0) is 17.8 Å². The SMILES string of the molecule is CCOC(=O)c1nc(C(=O)N2Cc3ccccc3C2)cs1. The van der Waals surface area contributed by atoms with Crippen molar-refractivity contribution in [3.8, 4) is 0 Å². The minimum absolute atomic E-state index is 0.155. The first-order valence-corrected chi connectivity index (χ1v) is 7.55. The van der Waals surface area contributed by atoms with Crippen molar-refractivity contribution >= 4 is 23.2 Å². The van der Waals surface area contributed by atoms with Crippen molar-refractivity contribution in [2.24, 2.45) is 0 Å². The van der Waals surface area contributed by atoms with Crippen molar-refractivity contribution in [2.45, 2.75) is 20.0 Å². The highest BCUT2D eigenvalue weighted by molar-refractivity contribution is 7.11. The molecule has 2 aromatic rings. The first-order valence-electron chi connectivity index (χ1n) is 6.67. The zero-order chi connectivity index (χ0) is 14.8. The van der Waals surface area contributed by atoms with Gasteiger partial charge in [-0.15, -0.1) is 11.3 Å². The van der Waals surface area contributed by atoms with Gasteiger partial charge in [0.15, 0.2) is 0 Å². The molecule has 21 heavy (non-hydrogen) atoms. The minimum atomic E-state index is -0.480. The van der Waals surface area contributed by atoms with Crippen LogP contribution in [0.1, 0.15) is 38.3 Å². The molecular formula is C15H14N2O3S. The number of rotatable bonds is 3. The topological polar surface area (TPSA) is 59.5 Å². The second-order valence-electron chi connectivity index (χ2n) is 4.69. The van der Waals surface area contributed by atoms with Gasteiger partial charge in [0.05, 0.1) is 6.61 Å². The number of benzene rings is 1. The second-order valence-corrected chi connectivity index (χ2v) is 5.55. The molecule has 0 bridgehead atoms. The average Bonchev–Trinajstić information content (AvgIpc) is 3.13. The number of thiazole rings is 1. The number of ether oxygens (including phenoxy) is 1. The van der Waals surface area contributed by atoms with Crippen LogP contribution in [0.15, 0.2) is 29.6 Å². The Kier molecular flexibility index (Phi) is 3.70. The molecule has 1 amide bonds. The van der Waals surface area contributed by atoms with E-state index in [0.29, 0.717) is 25.4 Å². The zero-order valence-corrected chi connectivity index (χ0v) is 12.4. The third kappa shape index (κ3) is 2.67. The van der Waals surface area contributed by atoms with Gasteiger partial charge in [0.1, 0.15) is 5.69 Å². The Morgan fingerprint density at radius 1 is 1.29 bits per heavy atom. The third-order valence-corrected chi connectivity index (χ3v) is 4.12. The summed E-state index contributed by atoms with van der Waals surface area (Å²) < 4.78 is 4.88. The van der Waals surface area contributed by atoms with Gasteiger partial charge in [-0.3, -0.25) is 4.79 Å². The van der Waals surface area contributed by atoms with Crippen LogP contribution < -0.4 is 0 Å². The lowest BCUT2D eigenvalue weighted by Gasteiger charge is -2.13. The van der Waals surface area contributed by atoms with Crippen LogP contribution in [0.5, 0.6) is 0 Å². The molecule has 5 nitrogen and oxygen atoms in total. The fraction of sp³-hybridized carbons (Fsp3) is 0.267. The van der Waals surface area contributed by atoms with Crippen LogP contribution in [0.4, 0.5) is 0 Å². The van der Waals surface area contributed by atoms with Crippen LogP contribution >= 0.6 is 11.3 Å². The summed E-state index contributed by atoms with van der Waals surface area (Å²) in [5.74, 6) is -0.635. The Morgan fingerprint density at radius 3 is 2.57 bits per heavy atom. The number of carbonyl (C=O) groups is 2. The van der Waals surface area contributed by atoms with Crippen molar-refractivity contribution < 1.29 is 14.3 Å². The maximum Gasteiger partial charge on any atom is 0.367 e. The normalized spacial score (nSPS) is 13.1. The predicted molar refractivity (Wildman–Crippen MR) is 78.1 cm³/mol. The molecule has 0 saturated carbocycles. The molecule has 0 saturated heterocycles. The van der Waals surface area contributed by atoms with Crippen molar-refractivity contribution in [2.75, 3.05) is 6.61 Å². The molecule has 0 fully saturated rings. The van der Waals surface area contributed by atoms with Crippen molar-refractivity contribution in [1.29, 1.82) is 0 Å². The van der Waals surface area contributed by atoms with Crippen LogP contribution in [-0.4, -0.2) is 28.4 Å². The fourth-order valence-electron chi connectivity index (χ4n) is 2.30. The van der Waals surface area contributed by atoms with E-state index in [1.54, 1.807) is 17.2 Å². The molecule has 1 aromatic carbocycles. The Labute approximate surface area is 126 Å². The van der Waals surface area contributed by atoms with E-state index in [2.05, 4.69) is 4.98 Å². The summed E-state index contributed by atoms with van der Waals surface area (Å²) in [7, 11) is 0. The zero-order valence-electron chi connectivity index (χ0n) is 11.5. The van der Waals surface area contributed by atoms with Crippen LogP contribution in [0.25, 0.3) is 0 Å². The fourth-order valence-corrected chi connectivity index (χ4v) is 2.98. The van der Waals surface area contributed by atoms with E-state index < -0.39 is 5.97 Å². The van der Waals surface area contributed by atoms with E-state index >= 15 is 0 Å². The number of carbonyl (C=O) groups excluding carboxylic acids is 2. The molecule has 0 N–H and O–H groups in total. The number of amides is 1. The molecule has 0 aliphatic carbocycles. The summed E-state index contributed by atoms with van der Waals surface area (Å²) in [6.45, 7) is 3.20. The van der Waals surface area contributed by atoms with Gasteiger partial charge in [-0.2, -0.15) is 0 Å². The van der Waals surface area contributed by atoms with E-state index in [1.807, 2.05) is 24.3 Å². The van der Waals surface area contributed by atoms with Crippen LogP contribution in [0, 0.1) is 0 Å². The number of esters is 1. The maximum atomic E-state index is 12.4. The number of fused-ring (bicyclic) bond motifs is 1. The molecule has 0 radical (unpaired) electrons. The Hall–Kier alpha value is -2.21. The maximum absolute atomic E-state index is 12.4. The smallest absolute Gasteiger partial charge is 0.367 e. The van der Waals surface area contributed by atoms with Crippen LogP contribution in [0.3, 0.4) is 0 Å². The van der Waals surface area contributed by atoms with Crippen molar-refractivity contribution in [3.63, 3.8) is 0 Å². The molecular weight excluding hydrogens is 288 g/mol. The molecule has 0 unspecified atom stereocenters. The van der Waals surface area contributed by atoms with Gasteiger partial charge in [0.25, 0.3) is 5.91 Å². The number of aromatic nitrogens is 1. The van der Waals surface area contributed by atoms with Gasteiger partial charge in [-0.05, 0) is 18.1 Å². The molecule has 1 aromatic heterocycles. The summed E-state index contributed by atoms with van der Waals surface area (Å²) in [6, 6.07) is 7.98.